The second-order valence-corrected chi connectivity index (χ2v) is 18.1. The molecule has 1 atom stereocenters. The van der Waals surface area contributed by atoms with Crippen molar-refractivity contribution < 1.29 is 28.6 Å². The summed E-state index contributed by atoms with van der Waals surface area (Å²) in [5.74, 6) is -0.945. The zero-order valence-electron chi connectivity index (χ0n) is 43.2. The summed E-state index contributed by atoms with van der Waals surface area (Å²) in [7, 11) is 0. The lowest BCUT2D eigenvalue weighted by Crippen LogP contribution is -2.30. The van der Waals surface area contributed by atoms with Gasteiger partial charge in [0.25, 0.3) is 0 Å². The molecule has 66 heavy (non-hydrogen) atoms. The van der Waals surface area contributed by atoms with Crippen LogP contribution in [-0.2, 0) is 28.6 Å². The molecule has 0 aromatic carbocycles. The number of carbonyl (C=O) groups excluding carboxylic acids is 3. The van der Waals surface area contributed by atoms with Crippen molar-refractivity contribution in [1.29, 1.82) is 0 Å². The van der Waals surface area contributed by atoms with Crippen LogP contribution in [0.4, 0.5) is 0 Å². The van der Waals surface area contributed by atoms with E-state index in [9.17, 15) is 14.4 Å². The van der Waals surface area contributed by atoms with Crippen LogP contribution < -0.4 is 0 Å². The fraction of sp³-hybridized carbons (Fsp3) is 0.717. The van der Waals surface area contributed by atoms with Gasteiger partial charge in [0.05, 0.1) is 0 Å². The maximum Gasteiger partial charge on any atom is 0.306 e. The molecule has 0 amide bonds. The van der Waals surface area contributed by atoms with Crippen LogP contribution in [0.15, 0.2) is 85.1 Å². The number of ether oxygens (including phenoxy) is 3. The second-order valence-electron chi connectivity index (χ2n) is 18.1. The molecule has 0 bridgehead atoms. The smallest absolute Gasteiger partial charge is 0.306 e. The largest absolute Gasteiger partial charge is 0.462 e. The van der Waals surface area contributed by atoms with Gasteiger partial charge < -0.3 is 14.2 Å². The van der Waals surface area contributed by atoms with Crippen molar-refractivity contribution in [2.24, 2.45) is 0 Å². The van der Waals surface area contributed by atoms with Gasteiger partial charge in [-0.1, -0.05) is 209 Å². The molecule has 0 saturated carbocycles. The summed E-state index contributed by atoms with van der Waals surface area (Å²) in [5.41, 5.74) is 0. The Hall–Kier alpha value is -3.41. The highest BCUT2D eigenvalue weighted by atomic mass is 16.6. The van der Waals surface area contributed by atoms with E-state index < -0.39 is 6.10 Å². The monoisotopic (exact) mass is 919 g/mol. The van der Waals surface area contributed by atoms with Crippen LogP contribution in [0, 0.1) is 0 Å². The summed E-state index contributed by atoms with van der Waals surface area (Å²) in [5, 5.41) is 0. The van der Waals surface area contributed by atoms with E-state index in [4.69, 9.17) is 14.2 Å². The minimum absolute atomic E-state index is 0.0965. The van der Waals surface area contributed by atoms with Crippen LogP contribution in [0.25, 0.3) is 0 Å². The fourth-order valence-corrected chi connectivity index (χ4v) is 7.46. The first-order valence-electron chi connectivity index (χ1n) is 27.6. The molecule has 0 aromatic rings. The first kappa shape index (κ1) is 62.6. The quantitative estimate of drug-likeness (QED) is 0.0262. The van der Waals surface area contributed by atoms with Crippen molar-refractivity contribution in [3.05, 3.63) is 85.1 Å². The standard InChI is InChI=1S/C60H102O6/c1-4-7-10-13-16-19-22-25-27-28-29-30-31-32-33-36-38-41-44-47-50-53-59(62)65-56-57(55-64-58(61)52-49-46-43-40-37-34-24-21-18-15-12-9-6-3)66-60(63)54-51-48-45-42-39-35-26-23-20-17-14-11-8-5-2/h9,12,18,21-23,25-26,28-29,31-32,34,37,57H,4-8,10-11,13-17,19-20,24,27,30,33,35-36,38-56H2,1-3H3/b12-9-,21-18-,25-22-,26-23-,29-28-,32-31-,37-34-. The Balaban J connectivity index is 4.41. The van der Waals surface area contributed by atoms with Crippen LogP contribution in [-0.4, -0.2) is 37.2 Å². The first-order valence-corrected chi connectivity index (χ1v) is 27.6. The molecule has 0 fully saturated rings. The van der Waals surface area contributed by atoms with Crippen molar-refractivity contribution in [2.45, 2.75) is 264 Å². The van der Waals surface area contributed by atoms with E-state index in [-0.39, 0.29) is 31.1 Å². The molecule has 378 valence electrons. The van der Waals surface area contributed by atoms with Crippen molar-refractivity contribution in [2.75, 3.05) is 13.2 Å². The van der Waals surface area contributed by atoms with Crippen molar-refractivity contribution >= 4 is 17.9 Å². The third-order valence-corrected chi connectivity index (χ3v) is 11.6. The third kappa shape index (κ3) is 51.6. The van der Waals surface area contributed by atoms with Gasteiger partial charge in [-0.2, -0.15) is 0 Å². The van der Waals surface area contributed by atoms with Gasteiger partial charge in [-0.3, -0.25) is 14.4 Å². The zero-order chi connectivity index (χ0) is 47.9. The van der Waals surface area contributed by atoms with E-state index in [0.29, 0.717) is 19.3 Å². The van der Waals surface area contributed by atoms with Gasteiger partial charge in [-0.05, 0) is 116 Å². The maximum absolute atomic E-state index is 12.8. The van der Waals surface area contributed by atoms with Gasteiger partial charge in [-0.15, -0.1) is 0 Å². The summed E-state index contributed by atoms with van der Waals surface area (Å²) < 4.78 is 16.8. The number of esters is 3. The number of hydrogen-bond acceptors (Lipinski definition) is 6. The van der Waals surface area contributed by atoms with E-state index in [0.717, 1.165) is 116 Å². The van der Waals surface area contributed by atoms with Gasteiger partial charge >= 0.3 is 17.9 Å². The Labute approximate surface area is 407 Å². The summed E-state index contributed by atoms with van der Waals surface area (Å²) in [4.78, 5) is 38.0. The molecule has 0 heterocycles. The summed E-state index contributed by atoms with van der Waals surface area (Å²) in [6, 6.07) is 0. The summed E-state index contributed by atoms with van der Waals surface area (Å²) in [6.45, 7) is 6.46. The van der Waals surface area contributed by atoms with Crippen molar-refractivity contribution in [1.82, 2.24) is 0 Å². The third-order valence-electron chi connectivity index (χ3n) is 11.6. The molecule has 6 nitrogen and oxygen atoms in total. The fourth-order valence-electron chi connectivity index (χ4n) is 7.46. The Bertz CT molecular complexity index is 1290. The van der Waals surface area contributed by atoms with Gasteiger partial charge in [-0.25, -0.2) is 0 Å². The highest BCUT2D eigenvalue weighted by Gasteiger charge is 2.19. The van der Waals surface area contributed by atoms with E-state index in [1.165, 1.54) is 103 Å². The molecule has 0 rings (SSSR count). The molecule has 1 unspecified atom stereocenters. The van der Waals surface area contributed by atoms with Gasteiger partial charge in [0.2, 0.25) is 0 Å². The average molecular weight is 919 g/mol. The first-order chi connectivity index (χ1) is 32.5. The molecule has 0 aliphatic carbocycles. The number of allylic oxidation sites excluding steroid dienone is 14. The highest BCUT2D eigenvalue weighted by Crippen LogP contribution is 2.14. The summed E-state index contributed by atoms with van der Waals surface area (Å²) in [6.07, 6.45) is 70.0. The summed E-state index contributed by atoms with van der Waals surface area (Å²) >= 11 is 0. The molecule has 0 radical (unpaired) electrons. The number of hydrogen-bond donors (Lipinski definition) is 0. The van der Waals surface area contributed by atoms with Crippen LogP contribution >= 0.6 is 0 Å². The predicted octanol–water partition coefficient (Wildman–Crippen LogP) is 18.4. The molecule has 0 aliphatic heterocycles. The molecule has 0 spiro atoms. The minimum atomic E-state index is -0.798. The van der Waals surface area contributed by atoms with Gasteiger partial charge in [0.1, 0.15) is 13.2 Å². The Morgan fingerprint density at radius 2 is 0.591 bits per heavy atom. The van der Waals surface area contributed by atoms with Crippen LogP contribution in [0.2, 0.25) is 0 Å². The minimum Gasteiger partial charge on any atom is -0.462 e. The molecule has 6 heteroatoms. The lowest BCUT2D eigenvalue weighted by molar-refractivity contribution is -0.167. The van der Waals surface area contributed by atoms with Crippen LogP contribution in [0.3, 0.4) is 0 Å². The lowest BCUT2D eigenvalue weighted by atomic mass is 10.1. The van der Waals surface area contributed by atoms with Gasteiger partial charge in [0.15, 0.2) is 6.10 Å². The zero-order valence-corrected chi connectivity index (χ0v) is 43.2. The molecule has 0 N–H and O–H groups in total. The van der Waals surface area contributed by atoms with Gasteiger partial charge in [0, 0.05) is 19.3 Å². The van der Waals surface area contributed by atoms with E-state index >= 15 is 0 Å². The molecule has 0 aromatic heterocycles. The topological polar surface area (TPSA) is 78.9 Å². The highest BCUT2D eigenvalue weighted by molar-refractivity contribution is 5.71. The SMILES string of the molecule is CC/C=C\C/C=C\C/C=C\CCCCCC(=O)OCC(COC(=O)CCCCCCCC/C=C\C/C=C\C/C=C\CCCCCCC)OC(=O)CCCCCCC/C=C\CCCCCCC. The molecule has 0 saturated heterocycles. The van der Waals surface area contributed by atoms with Crippen molar-refractivity contribution in [3.63, 3.8) is 0 Å². The number of unbranched alkanes of at least 4 members (excludes halogenated alkanes) is 24. The Kier molecular flexibility index (Phi) is 51.4. The second kappa shape index (κ2) is 54.2. The number of rotatable bonds is 49. The Morgan fingerprint density at radius 1 is 0.318 bits per heavy atom. The average Bonchev–Trinajstić information content (AvgIpc) is 3.31. The molecular weight excluding hydrogens is 817 g/mol. The van der Waals surface area contributed by atoms with E-state index in [1.54, 1.807) is 0 Å². The van der Waals surface area contributed by atoms with E-state index in [2.05, 4.69) is 106 Å². The lowest BCUT2D eigenvalue weighted by Gasteiger charge is -2.18. The predicted molar refractivity (Wildman–Crippen MR) is 284 cm³/mol. The van der Waals surface area contributed by atoms with Crippen LogP contribution in [0.5, 0.6) is 0 Å². The molecular formula is C60H102O6. The normalized spacial score (nSPS) is 12.7. The van der Waals surface area contributed by atoms with E-state index in [1.807, 2.05) is 0 Å². The molecule has 0 aliphatic rings. The maximum atomic E-state index is 12.8. The van der Waals surface area contributed by atoms with Crippen molar-refractivity contribution in [3.8, 4) is 0 Å². The Morgan fingerprint density at radius 3 is 0.955 bits per heavy atom. The number of carbonyl (C=O) groups is 3. The van der Waals surface area contributed by atoms with Crippen LogP contribution in [0.1, 0.15) is 258 Å².